The molecule has 78 valence electrons. The van der Waals surface area contributed by atoms with Crippen LogP contribution in [0.1, 0.15) is 5.56 Å². The van der Waals surface area contributed by atoms with Crippen molar-refractivity contribution in [2.24, 2.45) is 0 Å². The van der Waals surface area contributed by atoms with Gasteiger partial charge >= 0.3 is 0 Å². The first kappa shape index (κ1) is 9.92. The van der Waals surface area contributed by atoms with Gasteiger partial charge in [0.05, 0.1) is 7.11 Å². The Balaban J connectivity index is 2.42. The van der Waals surface area contributed by atoms with Crippen LogP contribution in [-0.4, -0.2) is 16.5 Å². The van der Waals surface area contributed by atoms with E-state index in [2.05, 4.69) is 9.36 Å². The number of benzene rings is 1. The van der Waals surface area contributed by atoms with E-state index in [1.54, 1.807) is 7.11 Å². The quantitative estimate of drug-likeness (QED) is 0.843. The van der Waals surface area contributed by atoms with Crippen LogP contribution in [0.5, 0.6) is 5.75 Å². The van der Waals surface area contributed by atoms with Crippen molar-refractivity contribution in [3.8, 4) is 17.1 Å². The minimum Gasteiger partial charge on any atom is -0.496 e. The molecule has 0 aliphatic heterocycles. The lowest BCUT2D eigenvalue weighted by molar-refractivity contribution is 0.412. The molecule has 0 saturated heterocycles. The Hall–Kier alpha value is -1.62. The summed E-state index contributed by atoms with van der Waals surface area (Å²) in [6, 6.07) is 5.82. The third-order valence-corrected chi connectivity index (χ3v) is 2.64. The van der Waals surface area contributed by atoms with Crippen LogP contribution in [0.3, 0.4) is 0 Å². The van der Waals surface area contributed by atoms with Gasteiger partial charge in [0.25, 0.3) is 0 Å². The normalized spacial score (nSPS) is 10.3. The number of nitrogens with zero attached hydrogens (tertiary/aromatic N) is 2. The van der Waals surface area contributed by atoms with Gasteiger partial charge in [-0.05, 0) is 30.7 Å². The molecule has 0 bridgehead atoms. The minimum absolute atomic E-state index is 0.485. The van der Waals surface area contributed by atoms with E-state index in [1.807, 2.05) is 25.1 Å². The molecule has 0 spiro atoms. The summed E-state index contributed by atoms with van der Waals surface area (Å²) in [6.07, 6.45) is 0. The number of rotatable bonds is 2. The zero-order chi connectivity index (χ0) is 10.8. The molecule has 4 nitrogen and oxygen atoms in total. The predicted molar refractivity (Wildman–Crippen MR) is 61.0 cm³/mol. The number of aryl methyl sites for hydroxylation is 1. The van der Waals surface area contributed by atoms with Crippen molar-refractivity contribution in [1.29, 1.82) is 0 Å². The van der Waals surface area contributed by atoms with Gasteiger partial charge in [-0.15, -0.1) is 0 Å². The lowest BCUT2D eigenvalue weighted by Gasteiger charge is -2.04. The Morgan fingerprint density at radius 1 is 1.40 bits per heavy atom. The summed E-state index contributed by atoms with van der Waals surface area (Å²) < 4.78 is 9.33. The summed E-state index contributed by atoms with van der Waals surface area (Å²) in [7, 11) is 1.65. The first-order valence-electron chi connectivity index (χ1n) is 4.45. The van der Waals surface area contributed by atoms with Crippen LogP contribution in [0.15, 0.2) is 18.2 Å². The Morgan fingerprint density at radius 2 is 2.20 bits per heavy atom. The molecule has 0 saturated carbocycles. The van der Waals surface area contributed by atoms with Crippen molar-refractivity contribution in [3.63, 3.8) is 0 Å². The second-order valence-corrected chi connectivity index (χ2v) is 3.92. The molecule has 1 aromatic heterocycles. The van der Waals surface area contributed by atoms with Crippen LogP contribution in [-0.2, 0) is 0 Å². The molecule has 15 heavy (non-hydrogen) atoms. The number of aromatic nitrogens is 2. The largest absolute Gasteiger partial charge is 0.496 e. The van der Waals surface area contributed by atoms with Crippen LogP contribution in [0.2, 0.25) is 0 Å². The van der Waals surface area contributed by atoms with Crippen LogP contribution in [0, 0.1) is 6.92 Å². The third-order valence-electron chi connectivity index (χ3n) is 2.09. The van der Waals surface area contributed by atoms with E-state index in [9.17, 15) is 0 Å². The average Bonchev–Trinajstić information content (AvgIpc) is 2.65. The molecule has 2 N–H and O–H groups in total. The molecular formula is C10H11N3OS. The topological polar surface area (TPSA) is 61.0 Å². The van der Waals surface area contributed by atoms with Gasteiger partial charge in [-0.25, -0.2) is 0 Å². The summed E-state index contributed by atoms with van der Waals surface area (Å²) in [5, 5.41) is 0.485. The number of nitrogens with two attached hydrogens (primary N) is 1. The second-order valence-electron chi connectivity index (χ2n) is 3.14. The van der Waals surface area contributed by atoms with Crippen molar-refractivity contribution in [3.05, 3.63) is 23.8 Å². The number of hydrogen-bond acceptors (Lipinski definition) is 5. The van der Waals surface area contributed by atoms with Gasteiger partial charge in [-0.3, -0.25) is 0 Å². The summed E-state index contributed by atoms with van der Waals surface area (Å²) in [5.74, 6) is 1.53. The zero-order valence-corrected chi connectivity index (χ0v) is 9.34. The summed E-state index contributed by atoms with van der Waals surface area (Å²) >= 11 is 1.20. The van der Waals surface area contributed by atoms with Crippen LogP contribution < -0.4 is 10.5 Å². The fraction of sp³-hybridized carbons (Fsp3) is 0.200. The molecule has 0 unspecified atom stereocenters. The predicted octanol–water partition coefficient (Wildman–Crippen LogP) is 2.10. The molecule has 0 amide bonds. The van der Waals surface area contributed by atoms with E-state index in [4.69, 9.17) is 10.5 Å². The van der Waals surface area contributed by atoms with E-state index in [0.29, 0.717) is 11.0 Å². The second kappa shape index (κ2) is 3.86. The van der Waals surface area contributed by atoms with Crippen molar-refractivity contribution in [1.82, 2.24) is 9.36 Å². The number of methoxy groups -OCH3 is 1. The summed E-state index contributed by atoms with van der Waals surface area (Å²) in [6.45, 7) is 1.98. The zero-order valence-electron chi connectivity index (χ0n) is 8.52. The van der Waals surface area contributed by atoms with Crippen molar-refractivity contribution in [2.75, 3.05) is 12.8 Å². The summed E-state index contributed by atoms with van der Waals surface area (Å²) in [5.41, 5.74) is 7.55. The van der Waals surface area contributed by atoms with Crippen molar-refractivity contribution in [2.45, 2.75) is 6.92 Å². The van der Waals surface area contributed by atoms with E-state index in [1.165, 1.54) is 11.5 Å². The maximum Gasteiger partial charge on any atom is 0.200 e. The van der Waals surface area contributed by atoms with Gasteiger partial charge in [-0.1, -0.05) is 0 Å². The number of hydrogen-bond donors (Lipinski definition) is 1. The molecule has 1 heterocycles. The smallest absolute Gasteiger partial charge is 0.200 e. The van der Waals surface area contributed by atoms with Gasteiger partial charge in [0, 0.05) is 17.1 Å². The number of nitrogen functional groups attached to an aromatic ring is 1. The minimum atomic E-state index is 0.485. The van der Waals surface area contributed by atoms with E-state index in [0.717, 1.165) is 16.9 Å². The molecule has 0 atom stereocenters. The highest BCUT2D eigenvalue weighted by Gasteiger charge is 2.06. The highest BCUT2D eigenvalue weighted by atomic mass is 32.1. The average molecular weight is 221 g/mol. The molecule has 1 aromatic carbocycles. The van der Waals surface area contributed by atoms with Crippen LogP contribution in [0.4, 0.5) is 5.13 Å². The maximum absolute atomic E-state index is 5.53. The number of anilines is 1. The summed E-state index contributed by atoms with van der Waals surface area (Å²) in [4.78, 5) is 4.12. The Bertz CT molecular complexity index is 481. The first-order valence-corrected chi connectivity index (χ1v) is 5.22. The highest BCUT2D eigenvalue weighted by molar-refractivity contribution is 7.09. The van der Waals surface area contributed by atoms with Crippen molar-refractivity contribution < 1.29 is 4.74 Å². The van der Waals surface area contributed by atoms with Gasteiger partial charge < -0.3 is 10.5 Å². The van der Waals surface area contributed by atoms with E-state index >= 15 is 0 Å². The first-order chi connectivity index (χ1) is 7.20. The molecule has 2 aromatic rings. The van der Waals surface area contributed by atoms with Gasteiger partial charge in [0.15, 0.2) is 11.0 Å². The fourth-order valence-corrected chi connectivity index (χ4v) is 1.82. The SMILES string of the molecule is COc1ccc(-c2nsc(N)n2)cc1C. The monoisotopic (exact) mass is 221 g/mol. The third kappa shape index (κ3) is 1.92. The van der Waals surface area contributed by atoms with E-state index < -0.39 is 0 Å². The molecule has 5 heteroatoms. The van der Waals surface area contributed by atoms with Crippen molar-refractivity contribution >= 4 is 16.7 Å². The van der Waals surface area contributed by atoms with Gasteiger partial charge in [0.2, 0.25) is 0 Å². The Labute approximate surface area is 91.9 Å². The molecule has 0 fully saturated rings. The van der Waals surface area contributed by atoms with Gasteiger partial charge in [-0.2, -0.15) is 9.36 Å². The molecular weight excluding hydrogens is 210 g/mol. The van der Waals surface area contributed by atoms with Gasteiger partial charge in [0.1, 0.15) is 5.75 Å². The Morgan fingerprint density at radius 3 is 2.73 bits per heavy atom. The van der Waals surface area contributed by atoms with Crippen LogP contribution >= 0.6 is 11.5 Å². The molecule has 0 radical (unpaired) electrons. The maximum atomic E-state index is 5.53. The van der Waals surface area contributed by atoms with E-state index in [-0.39, 0.29) is 0 Å². The van der Waals surface area contributed by atoms with Crippen LogP contribution in [0.25, 0.3) is 11.4 Å². The standard InChI is InChI=1S/C10H11N3OS/c1-6-5-7(3-4-8(6)14-2)9-12-10(11)15-13-9/h3-5H,1-2H3,(H2,11,12,13). The molecule has 2 rings (SSSR count). The number of ether oxygens (including phenoxy) is 1. The lowest BCUT2D eigenvalue weighted by Crippen LogP contribution is -1.89. The molecule has 0 aliphatic carbocycles. The lowest BCUT2D eigenvalue weighted by atomic mass is 10.1. The highest BCUT2D eigenvalue weighted by Crippen LogP contribution is 2.25. The molecule has 0 aliphatic rings. The fourth-order valence-electron chi connectivity index (χ4n) is 1.37. The Kier molecular flexibility index (Phi) is 2.55.